The normalized spacial score (nSPS) is 14.6. The summed E-state index contributed by atoms with van der Waals surface area (Å²) < 4.78 is 0. The first-order chi connectivity index (χ1) is 15.7. The number of amides is 1. The van der Waals surface area contributed by atoms with Gasteiger partial charge in [-0.2, -0.15) is 0 Å². The van der Waals surface area contributed by atoms with Crippen LogP contribution in [0.2, 0.25) is 0 Å². The molecule has 1 aliphatic rings. The molecule has 5 nitrogen and oxygen atoms in total. The Hall–Kier alpha value is -2.44. The lowest BCUT2D eigenvalue weighted by atomic mass is 10.1. The van der Waals surface area contributed by atoms with Crippen LogP contribution in [0.1, 0.15) is 49.9 Å². The molecule has 1 amide bonds. The third-order valence-electron chi connectivity index (χ3n) is 6.33. The van der Waals surface area contributed by atoms with Crippen molar-refractivity contribution in [3.63, 3.8) is 0 Å². The largest absolute Gasteiger partial charge is 0.384 e. The quantitative estimate of drug-likeness (QED) is 0.423. The molecule has 2 aromatic heterocycles. The van der Waals surface area contributed by atoms with Crippen LogP contribution >= 0.6 is 11.3 Å². The fourth-order valence-corrected chi connectivity index (χ4v) is 5.22. The Morgan fingerprint density at radius 3 is 2.56 bits per heavy atom. The van der Waals surface area contributed by atoms with E-state index >= 15 is 0 Å². The second kappa shape index (κ2) is 10.9. The van der Waals surface area contributed by atoms with Gasteiger partial charge in [-0.25, -0.2) is 4.98 Å². The lowest BCUT2D eigenvalue weighted by Gasteiger charge is -2.26. The second-order valence-electron chi connectivity index (χ2n) is 8.43. The zero-order valence-electron chi connectivity index (χ0n) is 19.3. The van der Waals surface area contributed by atoms with Gasteiger partial charge in [-0.3, -0.25) is 4.79 Å². The van der Waals surface area contributed by atoms with Crippen molar-refractivity contribution in [2.45, 2.75) is 39.5 Å². The molecule has 3 aromatic rings. The standard InChI is InChI=1S/C26H34N4OS/c1-3-30(4-2)26(31)21-11-9-20(10-12-21)23-19-24(22-13-18-32-25(22)28-23)27-14-8-17-29-15-6-5-7-16-29/h9-13,18-19H,3-8,14-17H2,1-2H3,(H,27,28). The molecule has 6 heteroatoms. The summed E-state index contributed by atoms with van der Waals surface area (Å²) in [4.78, 5) is 23.0. The van der Waals surface area contributed by atoms with E-state index in [2.05, 4.69) is 27.7 Å². The van der Waals surface area contributed by atoms with Crippen LogP contribution in [-0.2, 0) is 0 Å². The first-order valence-corrected chi connectivity index (χ1v) is 12.8. The predicted molar refractivity (Wildman–Crippen MR) is 136 cm³/mol. The molecule has 0 saturated carbocycles. The summed E-state index contributed by atoms with van der Waals surface area (Å²) in [6, 6.07) is 12.2. The van der Waals surface area contributed by atoms with Crippen molar-refractivity contribution < 1.29 is 4.79 Å². The van der Waals surface area contributed by atoms with Gasteiger partial charge in [0, 0.05) is 41.8 Å². The number of piperidine rings is 1. The zero-order valence-corrected chi connectivity index (χ0v) is 20.1. The van der Waals surface area contributed by atoms with Gasteiger partial charge >= 0.3 is 0 Å². The molecule has 1 aliphatic heterocycles. The van der Waals surface area contributed by atoms with Crippen LogP contribution in [0.4, 0.5) is 5.69 Å². The highest BCUT2D eigenvalue weighted by Crippen LogP contribution is 2.31. The molecule has 170 valence electrons. The highest BCUT2D eigenvalue weighted by atomic mass is 32.1. The SMILES string of the molecule is CCN(CC)C(=O)c1ccc(-c2cc(NCCCN3CCCCC3)c3ccsc3n2)cc1. The van der Waals surface area contributed by atoms with E-state index in [0.29, 0.717) is 0 Å². The Kier molecular flexibility index (Phi) is 7.76. The molecule has 0 unspecified atom stereocenters. The second-order valence-corrected chi connectivity index (χ2v) is 9.33. The van der Waals surface area contributed by atoms with Crippen molar-refractivity contribution in [3.8, 4) is 11.3 Å². The lowest BCUT2D eigenvalue weighted by Crippen LogP contribution is -2.31. The van der Waals surface area contributed by atoms with Crippen molar-refractivity contribution in [1.29, 1.82) is 0 Å². The topological polar surface area (TPSA) is 48.5 Å². The van der Waals surface area contributed by atoms with Gasteiger partial charge in [-0.1, -0.05) is 18.6 Å². The van der Waals surface area contributed by atoms with Gasteiger partial charge in [0.05, 0.1) is 5.69 Å². The van der Waals surface area contributed by atoms with E-state index in [-0.39, 0.29) is 5.91 Å². The first kappa shape index (κ1) is 22.7. The molecule has 3 heterocycles. The Labute approximate surface area is 195 Å². The Morgan fingerprint density at radius 1 is 1.09 bits per heavy atom. The highest BCUT2D eigenvalue weighted by Gasteiger charge is 2.14. The maximum Gasteiger partial charge on any atom is 0.253 e. The number of carbonyl (C=O) groups is 1. The monoisotopic (exact) mass is 450 g/mol. The number of aromatic nitrogens is 1. The molecule has 1 saturated heterocycles. The molecule has 32 heavy (non-hydrogen) atoms. The van der Waals surface area contributed by atoms with Gasteiger partial charge in [-0.15, -0.1) is 11.3 Å². The predicted octanol–water partition coefficient (Wildman–Crippen LogP) is 5.73. The van der Waals surface area contributed by atoms with Crippen molar-refractivity contribution in [3.05, 3.63) is 47.3 Å². The average molecular weight is 451 g/mol. The van der Waals surface area contributed by atoms with E-state index in [1.807, 2.05) is 43.0 Å². The number of carbonyl (C=O) groups excluding carboxylic acids is 1. The van der Waals surface area contributed by atoms with E-state index in [0.717, 1.165) is 53.4 Å². The number of rotatable bonds is 9. The number of thiophene rings is 1. The average Bonchev–Trinajstić information content (AvgIpc) is 3.32. The zero-order chi connectivity index (χ0) is 22.3. The third kappa shape index (κ3) is 5.30. The molecule has 1 aromatic carbocycles. The minimum Gasteiger partial charge on any atom is -0.384 e. The molecular weight excluding hydrogens is 416 g/mol. The summed E-state index contributed by atoms with van der Waals surface area (Å²) in [5.74, 6) is 0.0827. The van der Waals surface area contributed by atoms with E-state index < -0.39 is 0 Å². The van der Waals surface area contributed by atoms with Crippen LogP contribution in [-0.4, -0.2) is 60.0 Å². The number of nitrogens with zero attached hydrogens (tertiary/aromatic N) is 3. The molecule has 1 N–H and O–H groups in total. The molecule has 0 atom stereocenters. The number of pyridine rings is 1. The highest BCUT2D eigenvalue weighted by molar-refractivity contribution is 7.16. The maximum absolute atomic E-state index is 12.6. The Balaban J connectivity index is 1.46. The summed E-state index contributed by atoms with van der Waals surface area (Å²) in [7, 11) is 0. The third-order valence-corrected chi connectivity index (χ3v) is 7.14. The molecule has 1 fully saturated rings. The van der Waals surface area contributed by atoms with Gasteiger partial charge in [0.1, 0.15) is 4.83 Å². The summed E-state index contributed by atoms with van der Waals surface area (Å²) in [5, 5.41) is 6.95. The van der Waals surface area contributed by atoms with Gasteiger partial charge in [0.25, 0.3) is 5.91 Å². The number of anilines is 1. The van der Waals surface area contributed by atoms with E-state index in [1.165, 1.54) is 44.3 Å². The van der Waals surface area contributed by atoms with Crippen molar-refractivity contribution >= 4 is 33.1 Å². The molecule has 0 aliphatic carbocycles. The molecule has 4 rings (SSSR count). The van der Waals surface area contributed by atoms with E-state index in [9.17, 15) is 4.79 Å². The fourth-order valence-electron chi connectivity index (χ4n) is 4.43. The Bertz CT molecular complexity index is 1020. The summed E-state index contributed by atoms with van der Waals surface area (Å²) in [6.45, 7) is 10.1. The summed E-state index contributed by atoms with van der Waals surface area (Å²) in [5.41, 5.74) is 3.85. The van der Waals surface area contributed by atoms with Crippen LogP contribution < -0.4 is 5.32 Å². The smallest absolute Gasteiger partial charge is 0.253 e. The number of likely N-dealkylation sites (tertiary alicyclic amines) is 1. The molecule has 0 radical (unpaired) electrons. The number of hydrogen-bond donors (Lipinski definition) is 1. The minimum atomic E-state index is 0.0827. The number of hydrogen-bond acceptors (Lipinski definition) is 5. The molecule has 0 spiro atoms. The van der Waals surface area contributed by atoms with Gasteiger partial charge < -0.3 is 15.1 Å². The van der Waals surface area contributed by atoms with Gasteiger partial charge in [0.15, 0.2) is 0 Å². The summed E-state index contributed by atoms with van der Waals surface area (Å²) >= 11 is 1.67. The van der Waals surface area contributed by atoms with Crippen LogP contribution in [0.5, 0.6) is 0 Å². The number of fused-ring (bicyclic) bond motifs is 1. The van der Waals surface area contributed by atoms with Gasteiger partial charge in [-0.05, 0) is 82.4 Å². The van der Waals surface area contributed by atoms with E-state index in [1.54, 1.807) is 11.3 Å². The number of nitrogens with one attached hydrogen (secondary N) is 1. The van der Waals surface area contributed by atoms with E-state index in [4.69, 9.17) is 4.98 Å². The lowest BCUT2D eigenvalue weighted by molar-refractivity contribution is 0.0773. The van der Waals surface area contributed by atoms with Gasteiger partial charge in [0.2, 0.25) is 0 Å². The minimum absolute atomic E-state index is 0.0827. The first-order valence-electron chi connectivity index (χ1n) is 11.9. The Morgan fingerprint density at radius 2 is 1.84 bits per heavy atom. The summed E-state index contributed by atoms with van der Waals surface area (Å²) in [6.07, 6.45) is 5.21. The van der Waals surface area contributed by atoms with Crippen LogP contribution in [0.15, 0.2) is 41.8 Å². The number of benzene rings is 1. The maximum atomic E-state index is 12.6. The molecular formula is C26H34N4OS. The fraction of sp³-hybridized carbons (Fsp3) is 0.462. The van der Waals surface area contributed by atoms with Crippen LogP contribution in [0.25, 0.3) is 21.5 Å². The van der Waals surface area contributed by atoms with Crippen LogP contribution in [0.3, 0.4) is 0 Å². The van der Waals surface area contributed by atoms with Crippen LogP contribution in [0, 0.1) is 0 Å². The van der Waals surface area contributed by atoms with Crippen molar-refractivity contribution in [2.75, 3.05) is 44.6 Å². The van der Waals surface area contributed by atoms with Crippen molar-refractivity contribution in [2.24, 2.45) is 0 Å². The van der Waals surface area contributed by atoms with Crippen molar-refractivity contribution in [1.82, 2.24) is 14.8 Å². The molecule has 0 bridgehead atoms.